The lowest BCUT2D eigenvalue weighted by Crippen LogP contribution is -2.55. The first-order valence-electron chi connectivity index (χ1n) is 10.8. The van der Waals surface area contributed by atoms with E-state index in [-0.39, 0.29) is 5.91 Å². The van der Waals surface area contributed by atoms with E-state index in [1.54, 1.807) is 0 Å². The van der Waals surface area contributed by atoms with Gasteiger partial charge in [-0.1, -0.05) is 12.1 Å². The van der Waals surface area contributed by atoms with Gasteiger partial charge in [-0.25, -0.2) is 0 Å². The maximum atomic E-state index is 12.7. The number of benzene rings is 1. The highest BCUT2D eigenvalue weighted by Gasteiger charge is 2.41. The number of likely N-dealkylation sites (tertiary alicyclic amines) is 1. The van der Waals surface area contributed by atoms with Crippen molar-refractivity contribution in [3.63, 3.8) is 0 Å². The predicted molar refractivity (Wildman–Crippen MR) is 109 cm³/mol. The number of ether oxygens (including phenoxy) is 1. The third-order valence-electron chi connectivity index (χ3n) is 7.12. The fraction of sp³-hybridized carbons (Fsp3) is 0.696. The Morgan fingerprint density at radius 1 is 1.15 bits per heavy atom. The maximum absolute atomic E-state index is 12.7. The molecule has 0 N–H and O–H groups in total. The van der Waals surface area contributed by atoms with E-state index in [1.807, 2.05) is 0 Å². The zero-order chi connectivity index (χ0) is 19.0. The molecule has 1 aromatic carbocycles. The Morgan fingerprint density at radius 3 is 2.52 bits per heavy atom. The van der Waals surface area contributed by atoms with Gasteiger partial charge in [0.1, 0.15) is 0 Å². The van der Waals surface area contributed by atoms with E-state index in [2.05, 4.69) is 48.8 Å². The largest absolute Gasteiger partial charge is 0.379 e. The lowest BCUT2D eigenvalue weighted by atomic mass is 9.79. The molecule has 1 aromatic rings. The van der Waals surface area contributed by atoms with Gasteiger partial charge >= 0.3 is 0 Å². The molecule has 1 saturated heterocycles. The minimum Gasteiger partial charge on any atom is -0.379 e. The molecule has 1 amide bonds. The summed E-state index contributed by atoms with van der Waals surface area (Å²) in [5.41, 5.74) is 3.92. The fourth-order valence-corrected chi connectivity index (χ4v) is 5.43. The number of nitrogens with zero attached hydrogens (tertiary/aromatic N) is 2. The van der Waals surface area contributed by atoms with Crippen LogP contribution in [0.25, 0.3) is 0 Å². The molecular formula is C23H34N2O2. The van der Waals surface area contributed by atoms with Crippen molar-refractivity contribution in [2.24, 2.45) is 0 Å². The van der Waals surface area contributed by atoms with Crippen LogP contribution in [-0.2, 0) is 16.0 Å². The second kappa shape index (κ2) is 7.56. The van der Waals surface area contributed by atoms with Crippen molar-refractivity contribution in [1.29, 1.82) is 0 Å². The van der Waals surface area contributed by atoms with Crippen LogP contribution in [0.15, 0.2) is 18.2 Å². The molecule has 1 aliphatic carbocycles. The van der Waals surface area contributed by atoms with Crippen LogP contribution in [0.1, 0.15) is 63.5 Å². The summed E-state index contributed by atoms with van der Waals surface area (Å²) in [7, 11) is 0. The van der Waals surface area contributed by atoms with Crippen LogP contribution in [0, 0.1) is 6.92 Å². The van der Waals surface area contributed by atoms with Gasteiger partial charge < -0.3 is 9.64 Å². The molecule has 148 valence electrons. The van der Waals surface area contributed by atoms with Crippen LogP contribution in [-0.4, -0.2) is 48.2 Å². The fourth-order valence-electron chi connectivity index (χ4n) is 5.43. The summed E-state index contributed by atoms with van der Waals surface area (Å²) in [4.78, 5) is 17.5. The van der Waals surface area contributed by atoms with E-state index in [1.165, 1.54) is 42.5 Å². The molecule has 0 unspecified atom stereocenters. The van der Waals surface area contributed by atoms with E-state index in [4.69, 9.17) is 4.74 Å². The number of hydrogen-bond acceptors (Lipinski definition) is 3. The second-order valence-corrected chi connectivity index (χ2v) is 8.94. The molecule has 0 aromatic heterocycles. The topological polar surface area (TPSA) is 32.8 Å². The smallest absolute Gasteiger partial charge is 0.231 e. The minimum atomic E-state index is 0.289. The summed E-state index contributed by atoms with van der Waals surface area (Å²) in [6.45, 7) is 9.69. The van der Waals surface area contributed by atoms with Crippen molar-refractivity contribution in [1.82, 2.24) is 4.90 Å². The molecule has 4 heteroatoms. The molecule has 3 aliphatic rings. The third kappa shape index (κ3) is 3.66. The zero-order valence-corrected chi connectivity index (χ0v) is 17.2. The summed E-state index contributed by atoms with van der Waals surface area (Å²) in [5, 5.41) is 0. The normalized spacial score (nSPS) is 30.0. The number of carbonyl (C=O) groups is 1. The van der Waals surface area contributed by atoms with Gasteiger partial charge in [0.2, 0.25) is 5.91 Å². The first-order chi connectivity index (χ1) is 13.0. The lowest BCUT2D eigenvalue weighted by molar-refractivity contribution is -0.118. The van der Waals surface area contributed by atoms with E-state index in [9.17, 15) is 4.79 Å². The van der Waals surface area contributed by atoms with Gasteiger partial charge in [0.05, 0.1) is 12.5 Å². The molecule has 4 rings (SSSR count). The lowest BCUT2D eigenvalue weighted by Gasteiger charge is -2.49. The van der Waals surface area contributed by atoms with Crippen molar-refractivity contribution in [3.8, 4) is 0 Å². The number of anilines is 1. The van der Waals surface area contributed by atoms with Gasteiger partial charge in [-0.3, -0.25) is 9.69 Å². The highest BCUT2D eigenvalue weighted by molar-refractivity contribution is 6.02. The summed E-state index contributed by atoms with van der Waals surface area (Å²) in [6.07, 6.45) is 8.03. The average molecular weight is 371 g/mol. The van der Waals surface area contributed by atoms with Crippen molar-refractivity contribution in [2.75, 3.05) is 24.6 Å². The van der Waals surface area contributed by atoms with Crippen molar-refractivity contribution in [3.05, 3.63) is 29.3 Å². The van der Waals surface area contributed by atoms with Gasteiger partial charge in [0, 0.05) is 37.0 Å². The van der Waals surface area contributed by atoms with E-state index in [0.717, 1.165) is 32.5 Å². The monoisotopic (exact) mass is 370 g/mol. The Bertz CT molecular complexity index is 686. The molecule has 0 spiro atoms. The average Bonchev–Trinajstić information content (AvgIpc) is 2.99. The van der Waals surface area contributed by atoms with Crippen LogP contribution in [0.3, 0.4) is 0 Å². The summed E-state index contributed by atoms with van der Waals surface area (Å²) >= 11 is 0. The van der Waals surface area contributed by atoms with Crippen LogP contribution >= 0.6 is 0 Å². The first kappa shape index (κ1) is 18.9. The van der Waals surface area contributed by atoms with Gasteiger partial charge in [-0.05, 0) is 76.5 Å². The number of aryl methyl sites for hydroxylation is 1. The quantitative estimate of drug-likeness (QED) is 0.800. The summed E-state index contributed by atoms with van der Waals surface area (Å²) < 4.78 is 5.84. The molecule has 2 fully saturated rings. The molecule has 2 aliphatic heterocycles. The maximum Gasteiger partial charge on any atom is 0.231 e. The highest BCUT2D eigenvalue weighted by atomic mass is 16.5. The van der Waals surface area contributed by atoms with Crippen LogP contribution in [0.5, 0.6) is 0 Å². The first-order valence-corrected chi connectivity index (χ1v) is 10.8. The van der Waals surface area contributed by atoms with Crippen LogP contribution in [0.4, 0.5) is 5.69 Å². The molecular weight excluding hydrogens is 336 g/mol. The van der Waals surface area contributed by atoms with Gasteiger partial charge in [-0.15, -0.1) is 0 Å². The molecule has 4 nitrogen and oxygen atoms in total. The number of hydrogen-bond donors (Lipinski definition) is 0. The highest BCUT2D eigenvalue weighted by Crippen LogP contribution is 2.39. The molecule has 27 heavy (non-hydrogen) atoms. The van der Waals surface area contributed by atoms with Crippen LogP contribution < -0.4 is 4.90 Å². The number of piperidine rings is 1. The predicted octanol–water partition coefficient (Wildman–Crippen LogP) is 4.09. The molecule has 0 atom stereocenters. The molecule has 1 saturated carbocycles. The van der Waals surface area contributed by atoms with Gasteiger partial charge in [0.15, 0.2) is 0 Å². The van der Waals surface area contributed by atoms with E-state index in [0.29, 0.717) is 24.1 Å². The zero-order valence-electron chi connectivity index (χ0n) is 17.2. The Balaban J connectivity index is 1.39. The standard InChI is InChI=1S/C23H34N2O2/c1-4-27-20-7-11-23(3,12-8-20)24-13-9-19(10-14-24)25-21-15-17(2)5-6-18(21)16-22(25)26/h5-6,15,19-20H,4,7-14,16H2,1-3H3/t20-,23-. The Labute approximate surface area is 163 Å². The summed E-state index contributed by atoms with van der Waals surface area (Å²) in [5.74, 6) is 0.289. The van der Waals surface area contributed by atoms with Gasteiger partial charge in [0.25, 0.3) is 0 Å². The number of fused-ring (bicyclic) bond motifs is 1. The molecule has 0 bridgehead atoms. The van der Waals surface area contributed by atoms with Crippen LogP contribution in [0.2, 0.25) is 0 Å². The molecule has 0 radical (unpaired) electrons. The van der Waals surface area contributed by atoms with E-state index < -0.39 is 0 Å². The van der Waals surface area contributed by atoms with E-state index >= 15 is 0 Å². The third-order valence-corrected chi connectivity index (χ3v) is 7.12. The Kier molecular flexibility index (Phi) is 5.30. The number of amides is 1. The summed E-state index contributed by atoms with van der Waals surface area (Å²) in [6, 6.07) is 6.82. The Morgan fingerprint density at radius 2 is 1.85 bits per heavy atom. The minimum absolute atomic E-state index is 0.289. The van der Waals surface area contributed by atoms with Crippen molar-refractivity contribution in [2.45, 2.75) is 83.4 Å². The second-order valence-electron chi connectivity index (χ2n) is 8.94. The SMILES string of the molecule is CCO[C@H]1CC[C@](C)(N2CCC(N3C(=O)Cc4ccc(C)cc43)CC2)CC1. The Hall–Kier alpha value is -1.39. The van der Waals surface area contributed by atoms with Gasteiger partial charge in [-0.2, -0.15) is 0 Å². The van der Waals surface area contributed by atoms with Crippen molar-refractivity contribution >= 4 is 11.6 Å². The van der Waals surface area contributed by atoms with Crippen molar-refractivity contribution < 1.29 is 9.53 Å². The molecule has 2 heterocycles. The number of carbonyl (C=O) groups excluding carboxylic acids is 1. The number of rotatable bonds is 4.